The molecule has 5 nitrogen and oxygen atoms in total. The fraction of sp³-hybridized carbons (Fsp3) is 0.929. The van der Waals surface area contributed by atoms with Crippen molar-refractivity contribution in [3.63, 3.8) is 0 Å². The number of hydrogen-bond acceptors (Lipinski definition) is 4. The van der Waals surface area contributed by atoms with E-state index in [4.69, 9.17) is 5.73 Å². The van der Waals surface area contributed by atoms with Crippen LogP contribution in [0.3, 0.4) is 0 Å². The number of carbonyl (C=O) groups is 1. The highest BCUT2D eigenvalue weighted by Crippen LogP contribution is 2.38. The lowest BCUT2D eigenvalue weighted by Crippen LogP contribution is -2.52. The standard InChI is InChI=1S/C14H28N2O3S/c1-11-5-7-14(9-15,8-6-11)12(17)16-10-13(2,3)20(4,18)19/h11H,5-10,15H2,1-4H3,(H,16,17). The first-order chi connectivity index (χ1) is 9.04. The van der Waals surface area contributed by atoms with E-state index in [1.54, 1.807) is 13.8 Å². The van der Waals surface area contributed by atoms with Crippen LogP contribution in [0.25, 0.3) is 0 Å². The smallest absolute Gasteiger partial charge is 0.227 e. The Morgan fingerprint density at radius 2 is 1.85 bits per heavy atom. The van der Waals surface area contributed by atoms with Gasteiger partial charge in [-0.05, 0) is 45.4 Å². The Morgan fingerprint density at radius 3 is 2.25 bits per heavy atom. The van der Waals surface area contributed by atoms with Crippen LogP contribution in [0.5, 0.6) is 0 Å². The predicted molar refractivity (Wildman–Crippen MR) is 81.1 cm³/mol. The summed E-state index contributed by atoms with van der Waals surface area (Å²) in [4.78, 5) is 12.4. The second kappa shape index (κ2) is 6.02. The van der Waals surface area contributed by atoms with Crippen LogP contribution >= 0.6 is 0 Å². The van der Waals surface area contributed by atoms with E-state index in [1.165, 1.54) is 6.26 Å². The Bertz CT molecular complexity index is 449. The second-order valence-electron chi connectivity index (χ2n) is 6.88. The van der Waals surface area contributed by atoms with Crippen LogP contribution in [-0.4, -0.2) is 38.4 Å². The Labute approximate surface area is 122 Å². The van der Waals surface area contributed by atoms with Crippen LogP contribution in [0, 0.1) is 11.3 Å². The number of amides is 1. The first-order valence-electron chi connectivity index (χ1n) is 7.22. The fourth-order valence-electron chi connectivity index (χ4n) is 2.45. The summed E-state index contributed by atoms with van der Waals surface area (Å²) in [5, 5.41) is 2.81. The summed E-state index contributed by atoms with van der Waals surface area (Å²) in [6, 6.07) is 0. The molecule has 0 aromatic heterocycles. The van der Waals surface area contributed by atoms with E-state index in [0.29, 0.717) is 12.5 Å². The van der Waals surface area contributed by atoms with Gasteiger partial charge in [-0.25, -0.2) is 8.42 Å². The van der Waals surface area contributed by atoms with Crippen molar-refractivity contribution in [2.75, 3.05) is 19.3 Å². The Balaban J connectivity index is 2.70. The number of hydrogen-bond donors (Lipinski definition) is 2. The lowest BCUT2D eigenvalue weighted by molar-refractivity contribution is -0.132. The molecule has 0 unspecified atom stereocenters. The lowest BCUT2D eigenvalue weighted by Gasteiger charge is -2.38. The van der Waals surface area contributed by atoms with Gasteiger partial charge in [0.15, 0.2) is 9.84 Å². The molecular formula is C14H28N2O3S. The molecule has 0 aliphatic heterocycles. The maximum atomic E-state index is 12.4. The van der Waals surface area contributed by atoms with Gasteiger partial charge >= 0.3 is 0 Å². The van der Waals surface area contributed by atoms with Crippen molar-refractivity contribution in [1.82, 2.24) is 5.32 Å². The number of rotatable bonds is 5. The summed E-state index contributed by atoms with van der Waals surface area (Å²) in [7, 11) is -3.21. The Kier molecular flexibility index (Phi) is 5.24. The zero-order valence-corrected chi connectivity index (χ0v) is 13.8. The lowest BCUT2D eigenvalue weighted by atomic mass is 9.70. The normalized spacial score (nSPS) is 28.1. The van der Waals surface area contributed by atoms with Crippen molar-refractivity contribution in [3.8, 4) is 0 Å². The monoisotopic (exact) mass is 304 g/mol. The van der Waals surface area contributed by atoms with Gasteiger partial charge in [-0.1, -0.05) is 6.92 Å². The molecule has 6 heteroatoms. The highest BCUT2D eigenvalue weighted by atomic mass is 32.2. The molecular weight excluding hydrogens is 276 g/mol. The zero-order valence-electron chi connectivity index (χ0n) is 13.0. The molecule has 0 saturated heterocycles. The van der Waals surface area contributed by atoms with Gasteiger partial charge in [0.1, 0.15) is 0 Å². The molecule has 0 radical (unpaired) electrons. The van der Waals surface area contributed by atoms with Crippen LogP contribution in [0.4, 0.5) is 0 Å². The Morgan fingerprint density at radius 1 is 1.35 bits per heavy atom. The third-order valence-corrected chi connectivity index (χ3v) is 6.93. The van der Waals surface area contributed by atoms with Gasteiger partial charge < -0.3 is 11.1 Å². The van der Waals surface area contributed by atoms with E-state index in [0.717, 1.165) is 25.7 Å². The van der Waals surface area contributed by atoms with Gasteiger partial charge in [-0.15, -0.1) is 0 Å². The first kappa shape index (κ1) is 17.4. The molecule has 0 aromatic carbocycles. The van der Waals surface area contributed by atoms with Gasteiger partial charge in [-0.2, -0.15) is 0 Å². The van der Waals surface area contributed by atoms with Gasteiger partial charge in [0.05, 0.1) is 10.2 Å². The molecule has 1 aliphatic carbocycles. The van der Waals surface area contributed by atoms with Gasteiger partial charge in [-0.3, -0.25) is 4.79 Å². The average Bonchev–Trinajstić information content (AvgIpc) is 2.36. The minimum atomic E-state index is -3.21. The van der Waals surface area contributed by atoms with Gasteiger partial charge in [0.2, 0.25) is 5.91 Å². The first-order valence-corrected chi connectivity index (χ1v) is 9.11. The van der Waals surface area contributed by atoms with Crippen molar-refractivity contribution in [2.45, 2.75) is 51.2 Å². The SMILES string of the molecule is CC1CCC(CN)(C(=O)NCC(C)(C)S(C)(=O)=O)CC1. The van der Waals surface area contributed by atoms with Gasteiger partial charge in [0, 0.05) is 19.3 Å². The minimum absolute atomic E-state index is 0.0939. The molecule has 1 saturated carbocycles. The molecule has 0 atom stereocenters. The summed E-state index contributed by atoms with van der Waals surface area (Å²) < 4.78 is 22.4. The van der Waals surface area contributed by atoms with Crippen molar-refractivity contribution in [1.29, 1.82) is 0 Å². The average molecular weight is 304 g/mol. The highest BCUT2D eigenvalue weighted by Gasteiger charge is 2.41. The zero-order chi connectivity index (χ0) is 15.6. The van der Waals surface area contributed by atoms with Crippen molar-refractivity contribution in [3.05, 3.63) is 0 Å². The van der Waals surface area contributed by atoms with Crippen molar-refractivity contribution in [2.24, 2.45) is 17.1 Å². The van der Waals surface area contributed by atoms with Crippen LogP contribution in [0.1, 0.15) is 46.5 Å². The molecule has 3 N–H and O–H groups in total. The maximum absolute atomic E-state index is 12.4. The fourth-order valence-corrected chi connectivity index (χ4v) is 2.78. The summed E-state index contributed by atoms with van der Waals surface area (Å²) in [6.45, 7) is 5.89. The van der Waals surface area contributed by atoms with E-state index >= 15 is 0 Å². The van der Waals surface area contributed by atoms with Crippen LogP contribution in [0.15, 0.2) is 0 Å². The highest BCUT2D eigenvalue weighted by molar-refractivity contribution is 7.92. The number of nitrogens with one attached hydrogen (secondary N) is 1. The maximum Gasteiger partial charge on any atom is 0.227 e. The molecule has 1 amide bonds. The van der Waals surface area contributed by atoms with Gasteiger partial charge in [0.25, 0.3) is 0 Å². The molecule has 20 heavy (non-hydrogen) atoms. The summed E-state index contributed by atoms with van der Waals surface area (Å²) in [5.41, 5.74) is 5.32. The van der Waals surface area contributed by atoms with Crippen LogP contribution < -0.4 is 11.1 Å². The van der Waals surface area contributed by atoms with E-state index in [2.05, 4.69) is 12.2 Å². The minimum Gasteiger partial charge on any atom is -0.354 e. The molecule has 118 valence electrons. The van der Waals surface area contributed by atoms with Crippen LogP contribution in [-0.2, 0) is 14.6 Å². The molecule has 0 aromatic rings. The molecule has 0 bridgehead atoms. The summed E-state index contributed by atoms with van der Waals surface area (Å²) in [5.74, 6) is 0.540. The predicted octanol–water partition coefficient (Wildman–Crippen LogP) is 1.08. The quantitative estimate of drug-likeness (QED) is 0.795. The molecule has 0 heterocycles. The van der Waals surface area contributed by atoms with Crippen LogP contribution in [0.2, 0.25) is 0 Å². The third-order valence-electron chi connectivity index (χ3n) is 4.78. The third kappa shape index (κ3) is 3.73. The van der Waals surface area contributed by atoms with Crippen molar-refractivity contribution >= 4 is 15.7 Å². The van der Waals surface area contributed by atoms with E-state index in [1.807, 2.05) is 0 Å². The van der Waals surface area contributed by atoms with Crippen molar-refractivity contribution < 1.29 is 13.2 Å². The number of sulfone groups is 1. The summed E-state index contributed by atoms with van der Waals surface area (Å²) >= 11 is 0. The number of carbonyl (C=O) groups excluding carboxylic acids is 1. The summed E-state index contributed by atoms with van der Waals surface area (Å²) in [6.07, 6.45) is 4.77. The van der Waals surface area contributed by atoms with E-state index < -0.39 is 20.0 Å². The Hall–Kier alpha value is -0.620. The molecule has 1 fully saturated rings. The largest absolute Gasteiger partial charge is 0.354 e. The molecule has 0 spiro atoms. The number of nitrogens with two attached hydrogens (primary N) is 1. The second-order valence-corrected chi connectivity index (χ2v) is 9.53. The molecule has 1 rings (SSSR count). The molecule has 1 aliphatic rings. The van der Waals surface area contributed by atoms with E-state index in [9.17, 15) is 13.2 Å². The topological polar surface area (TPSA) is 89.3 Å². The van der Waals surface area contributed by atoms with E-state index in [-0.39, 0.29) is 12.5 Å².